The molecule has 5 nitrogen and oxygen atoms in total. The van der Waals surface area contributed by atoms with Crippen molar-refractivity contribution in [3.8, 4) is 0 Å². The van der Waals surface area contributed by atoms with Gasteiger partial charge in [-0.25, -0.2) is 0 Å². The molecule has 0 saturated carbocycles. The summed E-state index contributed by atoms with van der Waals surface area (Å²) < 4.78 is 36.2. The third kappa shape index (κ3) is 5.54. The van der Waals surface area contributed by atoms with Crippen LogP contribution in [0.3, 0.4) is 0 Å². The van der Waals surface area contributed by atoms with Crippen molar-refractivity contribution in [2.75, 3.05) is 13.1 Å². The highest BCUT2D eigenvalue weighted by Crippen LogP contribution is 2.18. The molecule has 16 heavy (non-hydrogen) atoms. The van der Waals surface area contributed by atoms with Crippen LogP contribution < -0.4 is 0 Å². The van der Waals surface area contributed by atoms with Crippen LogP contribution in [0.5, 0.6) is 0 Å². The Labute approximate surface area is 89.5 Å². The minimum absolute atomic E-state index is 0.277. The fourth-order valence-corrected chi connectivity index (χ4v) is 1.00. The Morgan fingerprint density at radius 2 is 1.88 bits per heavy atom. The van der Waals surface area contributed by atoms with Gasteiger partial charge in [0.15, 0.2) is 0 Å². The molecule has 0 aromatic heterocycles. The highest BCUT2D eigenvalue weighted by Gasteiger charge is 2.42. The monoisotopic (exact) mass is 243 g/mol. The summed E-state index contributed by atoms with van der Waals surface area (Å²) in [5.74, 6) is -3.46. The van der Waals surface area contributed by atoms with Gasteiger partial charge in [-0.3, -0.25) is 9.59 Å². The molecule has 0 bridgehead atoms. The molecular weight excluding hydrogens is 231 g/mol. The SMILES string of the molecule is CC(O)CN(CCC(=O)O)C(=O)C(F)(F)F. The molecule has 0 aliphatic rings. The molecule has 0 spiro atoms. The van der Waals surface area contributed by atoms with E-state index in [2.05, 4.69) is 0 Å². The fraction of sp³-hybridized carbons (Fsp3) is 0.750. The fourth-order valence-electron chi connectivity index (χ4n) is 1.00. The van der Waals surface area contributed by atoms with E-state index < -0.39 is 43.7 Å². The average Bonchev–Trinajstić information content (AvgIpc) is 2.08. The number of aliphatic carboxylic acids is 1. The summed E-state index contributed by atoms with van der Waals surface area (Å²) in [7, 11) is 0. The number of carboxylic acid groups (broad SMARTS) is 1. The van der Waals surface area contributed by atoms with Crippen molar-refractivity contribution in [1.29, 1.82) is 0 Å². The third-order valence-corrected chi connectivity index (χ3v) is 1.61. The standard InChI is InChI=1S/C8H12F3NO4/c1-5(13)4-12(3-2-6(14)15)7(16)8(9,10)11/h5,13H,2-4H2,1H3,(H,14,15). The molecule has 1 amide bonds. The number of carboxylic acids is 1. The number of nitrogens with zero attached hydrogens (tertiary/aromatic N) is 1. The maximum Gasteiger partial charge on any atom is 0.471 e. The molecule has 0 aromatic rings. The van der Waals surface area contributed by atoms with Crippen molar-refractivity contribution in [2.45, 2.75) is 25.6 Å². The van der Waals surface area contributed by atoms with Gasteiger partial charge in [0.2, 0.25) is 0 Å². The quantitative estimate of drug-likeness (QED) is 0.724. The number of amides is 1. The van der Waals surface area contributed by atoms with Crippen molar-refractivity contribution < 1.29 is 33.0 Å². The van der Waals surface area contributed by atoms with Crippen LogP contribution in [0, 0.1) is 0 Å². The van der Waals surface area contributed by atoms with Crippen LogP contribution in [0.4, 0.5) is 13.2 Å². The molecule has 0 aromatic carbocycles. The Kier molecular flexibility index (Phi) is 5.22. The lowest BCUT2D eigenvalue weighted by Crippen LogP contribution is -2.45. The highest BCUT2D eigenvalue weighted by molar-refractivity contribution is 5.82. The number of hydrogen-bond acceptors (Lipinski definition) is 3. The lowest BCUT2D eigenvalue weighted by Gasteiger charge is -2.24. The molecule has 94 valence electrons. The van der Waals surface area contributed by atoms with E-state index >= 15 is 0 Å². The smallest absolute Gasteiger partial charge is 0.471 e. The van der Waals surface area contributed by atoms with Crippen molar-refractivity contribution in [3.63, 3.8) is 0 Å². The van der Waals surface area contributed by atoms with E-state index in [-0.39, 0.29) is 4.90 Å². The second-order valence-corrected chi connectivity index (χ2v) is 3.24. The maximum absolute atomic E-state index is 12.1. The summed E-state index contributed by atoms with van der Waals surface area (Å²) in [5, 5.41) is 17.2. The average molecular weight is 243 g/mol. The van der Waals surface area contributed by atoms with Crippen LogP contribution in [0.2, 0.25) is 0 Å². The molecule has 0 aliphatic carbocycles. The topological polar surface area (TPSA) is 77.8 Å². The number of halogens is 3. The molecule has 0 heterocycles. The second kappa shape index (κ2) is 5.69. The first-order valence-corrected chi connectivity index (χ1v) is 4.40. The van der Waals surface area contributed by atoms with Crippen molar-refractivity contribution in [3.05, 3.63) is 0 Å². The summed E-state index contributed by atoms with van der Waals surface area (Å²) in [5.41, 5.74) is 0. The molecule has 0 aliphatic heterocycles. The Bertz CT molecular complexity index is 264. The van der Waals surface area contributed by atoms with Gasteiger partial charge in [0.1, 0.15) is 0 Å². The molecule has 0 fully saturated rings. The van der Waals surface area contributed by atoms with Crippen molar-refractivity contribution in [1.82, 2.24) is 4.90 Å². The van der Waals surface area contributed by atoms with Gasteiger partial charge in [0.25, 0.3) is 0 Å². The number of aliphatic hydroxyl groups is 1. The summed E-state index contributed by atoms with van der Waals surface area (Å²) >= 11 is 0. The van der Waals surface area contributed by atoms with Gasteiger partial charge in [-0.1, -0.05) is 0 Å². The lowest BCUT2D eigenvalue weighted by atomic mass is 10.3. The van der Waals surface area contributed by atoms with Gasteiger partial charge in [-0.05, 0) is 6.92 Å². The minimum Gasteiger partial charge on any atom is -0.481 e. The molecule has 0 radical (unpaired) electrons. The first-order valence-electron chi connectivity index (χ1n) is 4.40. The zero-order chi connectivity index (χ0) is 12.9. The predicted octanol–water partition coefficient (Wildman–Crippen LogP) is 0.233. The van der Waals surface area contributed by atoms with E-state index in [1.807, 2.05) is 0 Å². The Hall–Kier alpha value is -1.31. The molecule has 0 rings (SSSR count). The van der Waals surface area contributed by atoms with Gasteiger partial charge in [-0.2, -0.15) is 13.2 Å². The van der Waals surface area contributed by atoms with Crippen LogP contribution in [-0.2, 0) is 9.59 Å². The van der Waals surface area contributed by atoms with E-state index in [1.54, 1.807) is 0 Å². The van der Waals surface area contributed by atoms with E-state index in [0.29, 0.717) is 0 Å². The van der Waals surface area contributed by atoms with Gasteiger partial charge >= 0.3 is 18.1 Å². The number of rotatable bonds is 5. The van der Waals surface area contributed by atoms with Crippen LogP contribution in [0.15, 0.2) is 0 Å². The number of carbonyl (C=O) groups is 2. The Morgan fingerprint density at radius 3 is 2.19 bits per heavy atom. The highest BCUT2D eigenvalue weighted by atomic mass is 19.4. The number of carbonyl (C=O) groups excluding carboxylic acids is 1. The van der Waals surface area contributed by atoms with E-state index in [1.165, 1.54) is 6.92 Å². The largest absolute Gasteiger partial charge is 0.481 e. The van der Waals surface area contributed by atoms with Gasteiger partial charge in [0, 0.05) is 13.1 Å². The molecule has 1 atom stereocenters. The minimum atomic E-state index is -5.06. The van der Waals surface area contributed by atoms with E-state index in [0.717, 1.165) is 0 Å². The number of aliphatic hydroxyl groups excluding tert-OH is 1. The van der Waals surface area contributed by atoms with Crippen LogP contribution >= 0.6 is 0 Å². The molecule has 8 heteroatoms. The Balaban J connectivity index is 4.54. The van der Waals surface area contributed by atoms with E-state index in [4.69, 9.17) is 10.2 Å². The summed E-state index contributed by atoms with van der Waals surface area (Å²) in [6.45, 7) is 0.0711. The van der Waals surface area contributed by atoms with Crippen LogP contribution in [0.1, 0.15) is 13.3 Å². The summed E-state index contributed by atoms with van der Waals surface area (Å²) in [6.07, 6.45) is -6.82. The van der Waals surface area contributed by atoms with Crippen molar-refractivity contribution >= 4 is 11.9 Å². The maximum atomic E-state index is 12.1. The molecule has 2 N–H and O–H groups in total. The van der Waals surface area contributed by atoms with Gasteiger partial charge in [0.05, 0.1) is 12.5 Å². The molecule has 0 saturated heterocycles. The van der Waals surface area contributed by atoms with Crippen molar-refractivity contribution in [2.24, 2.45) is 0 Å². The molecular formula is C8H12F3NO4. The first kappa shape index (κ1) is 14.7. The zero-order valence-electron chi connectivity index (χ0n) is 8.49. The molecule has 1 unspecified atom stereocenters. The second-order valence-electron chi connectivity index (χ2n) is 3.24. The normalized spacial score (nSPS) is 13.3. The number of alkyl halides is 3. The lowest BCUT2D eigenvalue weighted by molar-refractivity contribution is -0.186. The van der Waals surface area contributed by atoms with Gasteiger partial charge < -0.3 is 15.1 Å². The zero-order valence-corrected chi connectivity index (χ0v) is 8.49. The summed E-state index contributed by atoms with van der Waals surface area (Å²) in [6, 6.07) is 0. The first-order chi connectivity index (χ1) is 7.14. The summed E-state index contributed by atoms with van der Waals surface area (Å²) in [4.78, 5) is 21.3. The number of hydrogen-bond donors (Lipinski definition) is 2. The van der Waals surface area contributed by atoms with Crippen LogP contribution in [0.25, 0.3) is 0 Å². The van der Waals surface area contributed by atoms with E-state index in [9.17, 15) is 22.8 Å². The third-order valence-electron chi connectivity index (χ3n) is 1.61. The predicted molar refractivity (Wildman–Crippen MR) is 46.6 cm³/mol. The Morgan fingerprint density at radius 1 is 1.38 bits per heavy atom. The van der Waals surface area contributed by atoms with Crippen LogP contribution in [-0.4, -0.2) is 52.4 Å². The van der Waals surface area contributed by atoms with Gasteiger partial charge in [-0.15, -0.1) is 0 Å².